The molecule has 1 N–H and O–H groups in total. The smallest absolute Gasteiger partial charge is 0.233 e. The highest BCUT2D eigenvalue weighted by Gasteiger charge is 2.46. The first kappa shape index (κ1) is 19.1. The van der Waals surface area contributed by atoms with Gasteiger partial charge in [0.05, 0.1) is 12.0 Å². The molecule has 142 valence electrons. The molecule has 0 bridgehead atoms. The fourth-order valence-electron chi connectivity index (χ4n) is 3.58. The number of nitrogens with one attached hydrogen (secondary N) is 1. The van der Waals surface area contributed by atoms with Gasteiger partial charge in [0.15, 0.2) is 0 Å². The molecule has 1 aliphatic rings. The molecule has 1 saturated heterocycles. The van der Waals surface area contributed by atoms with Crippen molar-refractivity contribution < 1.29 is 14.3 Å². The zero-order valence-corrected chi connectivity index (χ0v) is 16.3. The number of nitrogens with zero attached hydrogens (tertiary/aromatic N) is 1. The molecular formula is C22H26N2O3. The molecule has 2 amide bonds. The normalized spacial score (nSPS) is 20.4. The first-order chi connectivity index (χ1) is 12.8. The number of aromatic nitrogens is 1. The standard InChI is InChI=1S/C22H26N2O3/c1-14-11-19(12-15(2)23-14)27-10-9-17-5-7-18(8-6-17)16(3)22(4)13-20(25)24-21(22)26/h5-8,11-12,16H,9-10,13H2,1-4H3,(H,24,25,26)/t16-,22?/m1/s1. The van der Waals surface area contributed by atoms with Gasteiger partial charge in [-0.1, -0.05) is 31.2 Å². The van der Waals surface area contributed by atoms with Crippen molar-refractivity contribution in [1.82, 2.24) is 10.3 Å². The topological polar surface area (TPSA) is 68.3 Å². The summed E-state index contributed by atoms with van der Waals surface area (Å²) in [6.45, 7) is 8.37. The Balaban J connectivity index is 1.60. The second-order valence-electron chi connectivity index (χ2n) is 7.62. The van der Waals surface area contributed by atoms with Crippen LogP contribution in [-0.4, -0.2) is 23.4 Å². The van der Waals surface area contributed by atoms with E-state index < -0.39 is 5.41 Å². The summed E-state index contributed by atoms with van der Waals surface area (Å²) >= 11 is 0. The minimum Gasteiger partial charge on any atom is -0.493 e. The third-order valence-electron chi connectivity index (χ3n) is 5.45. The molecule has 0 spiro atoms. The average Bonchev–Trinajstić information content (AvgIpc) is 2.87. The van der Waals surface area contributed by atoms with E-state index >= 15 is 0 Å². The zero-order chi connectivity index (χ0) is 19.6. The Kier molecular flexibility index (Phi) is 5.31. The number of carbonyl (C=O) groups excluding carboxylic acids is 2. The highest BCUT2D eigenvalue weighted by atomic mass is 16.5. The number of pyridine rings is 1. The minimum atomic E-state index is -0.682. The van der Waals surface area contributed by atoms with Gasteiger partial charge >= 0.3 is 0 Å². The van der Waals surface area contributed by atoms with Gasteiger partial charge in [-0.2, -0.15) is 0 Å². The van der Waals surface area contributed by atoms with Crippen LogP contribution in [0.15, 0.2) is 36.4 Å². The Bertz CT molecular complexity index is 840. The molecule has 0 aliphatic carbocycles. The molecule has 3 rings (SSSR count). The van der Waals surface area contributed by atoms with E-state index in [0.717, 1.165) is 29.1 Å². The molecule has 5 heteroatoms. The van der Waals surface area contributed by atoms with E-state index in [1.807, 2.05) is 52.0 Å². The maximum absolute atomic E-state index is 12.2. The van der Waals surface area contributed by atoms with E-state index in [9.17, 15) is 9.59 Å². The van der Waals surface area contributed by atoms with Gasteiger partial charge in [0.2, 0.25) is 11.8 Å². The number of amides is 2. The molecule has 1 aromatic carbocycles. The molecule has 0 radical (unpaired) electrons. The van der Waals surface area contributed by atoms with Crippen molar-refractivity contribution in [1.29, 1.82) is 0 Å². The van der Waals surface area contributed by atoms with Crippen molar-refractivity contribution in [3.63, 3.8) is 0 Å². The Morgan fingerprint density at radius 3 is 2.33 bits per heavy atom. The van der Waals surface area contributed by atoms with Crippen LogP contribution >= 0.6 is 0 Å². The van der Waals surface area contributed by atoms with Crippen molar-refractivity contribution in [2.24, 2.45) is 5.41 Å². The van der Waals surface area contributed by atoms with Gasteiger partial charge in [-0.25, -0.2) is 0 Å². The van der Waals surface area contributed by atoms with E-state index in [2.05, 4.69) is 22.4 Å². The van der Waals surface area contributed by atoms with Gasteiger partial charge in [0.25, 0.3) is 0 Å². The number of imide groups is 1. The summed E-state index contributed by atoms with van der Waals surface area (Å²) in [6, 6.07) is 12.1. The number of carbonyl (C=O) groups is 2. The predicted molar refractivity (Wildman–Crippen MR) is 104 cm³/mol. The lowest BCUT2D eigenvalue weighted by Crippen LogP contribution is -2.33. The predicted octanol–water partition coefficient (Wildman–Crippen LogP) is 3.48. The van der Waals surface area contributed by atoms with Gasteiger partial charge in [0.1, 0.15) is 5.75 Å². The highest BCUT2D eigenvalue weighted by molar-refractivity contribution is 6.06. The third kappa shape index (κ3) is 4.18. The number of benzene rings is 1. The Morgan fingerprint density at radius 1 is 1.15 bits per heavy atom. The van der Waals surface area contributed by atoms with Crippen LogP contribution < -0.4 is 10.1 Å². The lowest BCUT2D eigenvalue weighted by atomic mass is 9.73. The largest absolute Gasteiger partial charge is 0.493 e. The van der Waals surface area contributed by atoms with Crippen molar-refractivity contribution in [2.75, 3.05) is 6.61 Å². The summed E-state index contributed by atoms with van der Waals surface area (Å²) in [7, 11) is 0. The van der Waals surface area contributed by atoms with Crippen LogP contribution in [0.4, 0.5) is 0 Å². The fourth-order valence-corrected chi connectivity index (χ4v) is 3.58. The average molecular weight is 366 g/mol. The lowest BCUT2D eigenvalue weighted by molar-refractivity contribution is -0.128. The molecule has 1 fully saturated rings. The highest BCUT2D eigenvalue weighted by Crippen LogP contribution is 2.41. The van der Waals surface area contributed by atoms with Gasteiger partial charge < -0.3 is 4.74 Å². The van der Waals surface area contributed by atoms with Crippen LogP contribution in [0.25, 0.3) is 0 Å². The lowest BCUT2D eigenvalue weighted by Gasteiger charge is -2.28. The number of aryl methyl sites for hydroxylation is 2. The van der Waals surface area contributed by atoms with Gasteiger partial charge in [-0.05, 0) is 37.8 Å². The number of hydrogen-bond acceptors (Lipinski definition) is 4. The Hall–Kier alpha value is -2.69. The molecule has 2 aromatic rings. The Labute approximate surface area is 160 Å². The van der Waals surface area contributed by atoms with Crippen molar-refractivity contribution >= 4 is 11.8 Å². The van der Waals surface area contributed by atoms with E-state index in [4.69, 9.17) is 4.74 Å². The van der Waals surface area contributed by atoms with Gasteiger partial charge in [0, 0.05) is 36.4 Å². The Morgan fingerprint density at radius 2 is 1.78 bits per heavy atom. The van der Waals surface area contributed by atoms with E-state index in [-0.39, 0.29) is 24.2 Å². The first-order valence-electron chi connectivity index (χ1n) is 9.29. The van der Waals surface area contributed by atoms with E-state index in [1.165, 1.54) is 5.56 Å². The summed E-state index contributed by atoms with van der Waals surface area (Å²) < 4.78 is 5.84. The molecule has 0 saturated carbocycles. The second-order valence-corrected chi connectivity index (χ2v) is 7.62. The summed E-state index contributed by atoms with van der Waals surface area (Å²) in [4.78, 5) is 28.1. The maximum Gasteiger partial charge on any atom is 0.233 e. The molecule has 1 aliphatic heterocycles. The SMILES string of the molecule is Cc1cc(OCCc2ccc([C@@H](C)C3(C)CC(=O)NC3=O)cc2)cc(C)n1. The van der Waals surface area contributed by atoms with Crippen molar-refractivity contribution in [3.8, 4) is 5.75 Å². The number of hydrogen-bond donors (Lipinski definition) is 1. The van der Waals surface area contributed by atoms with Crippen LogP contribution in [0.5, 0.6) is 5.75 Å². The molecule has 2 atom stereocenters. The molecule has 5 nitrogen and oxygen atoms in total. The van der Waals surface area contributed by atoms with Crippen LogP contribution in [-0.2, 0) is 16.0 Å². The summed E-state index contributed by atoms with van der Waals surface area (Å²) in [5.41, 5.74) is 3.45. The van der Waals surface area contributed by atoms with Crippen LogP contribution in [0.2, 0.25) is 0 Å². The summed E-state index contributed by atoms with van der Waals surface area (Å²) in [5.74, 6) is 0.442. The molecule has 1 aromatic heterocycles. The quantitative estimate of drug-likeness (QED) is 0.795. The van der Waals surface area contributed by atoms with Crippen molar-refractivity contribution in [2.45, 2.75) is 46.5 Å². The summed E-state index contributed by atoms with van der Waals surface area (Å²) in [6.07, 6.45) is 1.04. The summed E-state index contributed by atoms with van der Waals surface area (Å²) in [5, 5.41) is 2.42. The molecule has 1 unspecified atom stereocenters. The molecule has 2 heterocycles. The van der Waals surface area contributed by atoms with Crippen LogP contribution in [0, 0.1) is 19.3 Å². The zero-order valence-electron chi connectivity index (χ0n) is 16.3. The van der Waals surface area contributed by atoms with Crippen LogP contribution in [0.3, 0.4) is 0 Å². The van der Waals surface area contributed by atoms with Crippen LogP contribution in [0.1, 0.15) is 48.7 Å². The fraction of sp³-hybridized carbons (Fsp3) is 0.409. The third-order valence-corrected chi connectivity index (χ3v) is 5.45. The maximum atomic E-state index is 12.2. The van der Waals surface area contributed by atoms with Gasteiger partial charge in [-0.3, -0.25) is 19.9 Å². The second kappa shape index (κ2) is 7.51. The monoisotopic (exact) mass is 366 g/mol. The number of ether oxygens (including phenoxy) is 1. The number of rotatable bonds is 6. The minimum absolute atomic E-state index is 0.0305. The molecular weight excluding hydrogens is 340 g/mol. The van der Waals surface area contributed by atoms with Crippen molar-refractivity contribution in [3.05, 3.63) is 58.9 Å². The molecule has 27 heavy (non-hydrogen) atoms. The van der Waals surface area contributed by atoms with E-state index in [0.29, 0.717) is 6.61 Å². The first-order valence-corrected chi connectivity index (χ1v) is 9.29. The van der Waals surface area contributed by atoms with E-state index in [1.54, 1.807) is 0 Å². The van der Waals surface area contributed by atoms with Gasteiger partial charge in [-0.15, -0.1) is 0 Å².